The standard InChI is InChI=1S/C28H31N9O2/c1-8-27(38)32-21-16-22(25(39-7)17-23(21)36(6)14-13-35(4)5)33-28-30-12-11-26(34-28)37-18(2)31-20-10-9-19(29-3)15-24(20)37/h8-12,15-17H,1,13-14H2,2,4-7H3,(H,32,38)(H,30,33,34). The number of aryl methyl sites for hydroxylation is 1. The number of ether oxygens (including phenoxy) is 1. The van der Waals surface area contributed by atoms with Crippen molar-refractivity contribution < 1.29 is 9.53 Å². The first-order valence-corrected chi connectivity index (χ1v) is 12.2. The number of hydrogen-bond acceptors (Lipinski definition) is 8. The highest BCUT2D eigenvalue weighted by atomic mass is 16.5. The van der Waals surface area contributed by atoms with Crippen molar-refractivity contribution in [3.63, 3.8) is 0 Å². The minimum absolute atomic E-state index is 0.322. The SMILES string of the molecule is [C-]#[N+]c1ccc2nc(C)n(-c3ccnc(Nc4cc(NC(=O)C=C)c(N(C)CCN(C)C)cc4OC)n3)c2c1. The van der Waals surface area contributed by atoms with E-state index in [9.17, 15) is 4.79 Å². The van der Waals surface area contributed by atoms with E-state index in [0.29, 0.717) is 34.6 Å². The third-order valence-electron chi connectivity index (χ3n) is 6.11. The number of methoxy groups -OCH3 is 1. The number of carbonyl (C=O) groups is 1. The molecule has 0 aliphatic rings. The predicted octanol–water partition coefficient (Wildman–Crippen LogP) is 4.55. The molecule has 2 aromatic carbocycles. The van der Waals surface area contributed by atoms with Gasteiger partial charge in [-0.05, 0) is 51.4 Å². The predicted molar refractivity (Wildman–Crippen MR) is 155 cm³/mol. The average Bonchev–Trinajstić information content (AvgIpc) is 3.26. The minimum atomic E-state index is -0.326. The molecule has 0 fully saturated rings. The van der Waals surface area contributed by atoms with Crippen LogP contribution in [0.1, 0.15) is 5.82 Å². The molecule has 0 aliphatic heterocycles. The molecule has 11 nitrogen and oxygen atoms in total. The molecule has 0 saturated heterocycles. The minimum Gasteiger partial charge on any atom is -0.494 e. The van der Waals surface area contributed by atoms with Gasteiger partial charge in [-0.1, -0.05) is 12.6 Å². The number of carbonyl (C=O) groups excluding carboxylic acids is 1. The number of nitrogens with one attached hydrogen (secondary N) is 2. The van der Waals surface area contributed by atoms with E-state index in [1.165, 1.54) is 6.08 Å². The van der Waals surface area contributed by atoms with Gasteiger partial charge in [0.2, 0.25) is 11.9 Å². The molecule has 1 amide bonds. The Bertz CT molecular complexity index is 1570. The number of anilines is 4. The molecule has 0 bridgehead atoms. The molecule has 11 heteroatoms. The molecule has 4 rings (SSSR count). The normalized spacial score (nSPS) is 10.8. The first kappa shape index (κ1) is 27.1. The second-order valence-corrected chi connectivity index (χ2v) is 9.13. The zero-order valence-electron chi connectivity index (χ0n) is 22.7. The smallest absolute Gasteiger partial charge is 0.247 e. The van der Waals surface area contributed by atoms with Crippen LogP contribution in [0.5, 0.6) is 5.75 Å². The molecular formula is C28H31N9O2. The number of nitrogens with zero attached hydrogens (tertiary/aromatic N) is 7. The lowest BCUT2D eigenvalue weighted by atomic mass is 10.2. The van der Waals surface area contributed by atoms with Crippen molar-refractivity contribution >= 4 is 45.6 Å². The summed E-state index contributed by atoms with van der Waals surface area (Å²) in [6.07, 6.45) is 2.87. The molecular weight excluding hydrogens is 494 g/mol. The summed E-state index contributed by atoms with van der Waals surface area (Å²) < 4.78 is 7.58. The second-order valence-electron chi connectivity index (χ2n) is 9.13. The van der Waals surface area contributed by atoms with Crippen molar-refractivity contribution in [1.82, 2.24) is 24.4 Å². The summed E-state index contributed by atoms with van der Waals surface area (Å²) in [4.78, 5) is 33.6. The molecule has 39 heavy (non-hydrogen) atoms. The summed E-state index contributed by atoms with van der Waals surface area (Å²) in [5.41, 5.74) is 4.02. The van der Waals surface area contributed by atoms with E-state index in [1.807, 2.05) is 49.7 Å². The van der Waals surface area contributed by atoms with E-state index < -0.39 is 0 Å². The van der Waals surface area contributed by atoms with Crippen LogP contribution in [0.3, 0.4) is 0 Å². The van der Waals surface area contributed by atoms with E-state index in [4.69, 9.17) is 16.3 Å². The van der Waals surface area contributed by atoms with Crippen molar-refractivity contribution in [2.45, 2.75) is 6.92 Å². The second kappa shape index (κ2) is 11.6. The summed E-state index contributed by atoms with van der Waals surface area (Å²) in [6.45, 7) is 14.4. The number of amides is 1. The van der Waals surface area contributed by atoms with Crippen molar-refractivity contribution in [3.05, 3.63) is 72.5 Å². The van der Waals surface area contributed by atoms with E-state index >= 15 is 0 Å². The molecule has 2 aromatic heterocycles. The highest BCUT2D eigenvalue weighted by Gasteiger charge is 2.17. The maximum absolute atomic E-state index is 12.2. The van der Waals surface area contributed by atoms with Crippen LogP contribution in [0.15, 0.2) is 55.3 Å². The molecule has 0 aliphatic carbocycles. The Hall–Kier alpha value is -4.95. The summed E-state index contributed by atoms with van der Waals surface area (Å²) >= 11 is 0. The Balaban J connectivity index is 1.73. The summed E-state index contributed by atoms with van der Waals surface area (Å²) in [7, 11) is 7.56. The van der Waals surface area contributed by atoms with Crippen molar-refractivity contribution in [1.29, 1.82) is 0 Å². The van der Waals surface area contributed by atoms with Gasteiger partial charge in [0.1, 0.15) is 17.4 Å². The fraction of sp³-hybridized carbons (Fsp3) is 0.250. The zero-order chi connectivity index (χ0) is 28.1. The van der Waals surface area contributed by atoms with E-state index in [2.05, 4.69) is 36.9 Å². The van der Waals surface area contributed by atoms with Gasteiger partial charge in [-0.25, -0.2) is 14.8 Å². The molecule has 0 atom stereocenters. The fourth-order valence-corrected chi connectivity index (χ4v) is 4.10. The molecule has 0 spiro atoms. The topological polar surface area (TPSA) is 105 Å². The first-order chi connectivity index (χ1) is 18.7. The number of benzene rings is 2. The van der Waals surface area contributed by atoms with Crippen LogP contribution in [0, 0.1) is 13.5 Å². The third-order valence-corrected chi connectivity index (χ3v) is 6.11. The quantitative estimate of drug-likeness (QED) is 0.230. The fourth-order valence-electron chi connectivity index (χ4n) is 4.10. The molecule has 200 valence electrons. The molecule has 4 aromatic rings. The Morgan fingerprint density at radius 1 is 1.15 bits per heavy atom. The maximum atomic E-state index is 12.2. The lowest BCUT2D eigenvalue weighted by molar-refractivity contribution is -0.111. The van der Waals surface area contributed by atoms with Gasteiger partial charge in [-0.15, -0.1) is 0 Å². The highest BCUT2D eigenvalue weighted by molar-refractivity contribution is 6.02. The number of likely N-dealkylation sites (N-methyl/N-ethyl adjacent to an activating group) is 2. The number of imidazole rings is 1. The summed E-state index contributed by atoms with van der Waals surface area (Å²) in [5, 5.41) is 6.12. The van der Waals surface area contributed by atoms with E-state index in [0.717, 1.165) is 35.6 Å². The monoisotopic (exact) mass is 525 g/mol. The number of aromatic nitrogens is 4. The lowest BCUT2D eigenvalue weighted by Crippen LogP contribution is -2.29. The largest absolute Gasteiger partial charge is 0.494 e. The molecule has 2 N–H and O–H groups in total. The zero-order valence-corrected chi connectivity index (χ0v) is 22.7. The van der Waals surface area contributed by atoms with Crippen molar-refractivity contribution in [2.24, 2.45) is 0 Å². The number of hydrogen-bond donors (Lipinski definition) is 2. The Morgan fingerprint density at radius 3 is 2.64 bits per heavy atom. The van der Waals surface area contributed by atoms with Crippen LogP contribution in [-0.2, 0) is 4.79 Å². The van der Waals surface area contributed by atoms with Gasteiger partial charge in [0.05, 0.1) is 41.8 Å². The molecule has 0 radical (unpaired) electrons. The highest BCUT2D eigenvalue weighted by Crippen LogP contribution is 2.38. The Kier molecular flexibility index (Phi) is 8.07. The number of rotatable bonds is 10. The van der Waals surface area contributed by atoms with Crippen LogP contribution in [0.4, 0.5) is 28.7 Å². The van der Waals surface area contributed by atoms with Gasteiger partial charge in [0.15, 0.2) is 5.69 Å². The third kappa shape index (κ3) is 5.97. The van der Waals surface area contributed by atoms with Gasteiger partial charge in [-0.3, -0.25) is 9.36 Å². The lowest BCUT2D eigenvalue weighted by Gasteiger charge is -2.26. The van der Waals surface area contributed by atoms with Crippen LogP contribution in [-0.4, -0.2) is 71.7 Å². The Labute approximate surface area is 227 Å². The van der Waals surface area contributed by atoms with Gasteiger partial charge >= 0.3 is 0 Å². The summed E-state index contributed by atoms with van der Waals surface area (Å²) in [5.74, 6) is 1.87. The van der Waals surface area contributed by atoms with Gasteiger partial charge in [-0.2, -0.15) is 4.98 Å². The van der Waals surface area contributed by atoms with Crippen LogP contribution in [0.25, 0.3) is 21.7 Å². The first-order valence-electron chi connectivity index (χ1n) is 12.2. The maximum Gasteiger partial charge on any atom is 0.247 e. The Morgan fingerprint density at radius 2 is 1.95 bits per heavy atom. The molecule has 0 saturated carbocycles. The molecule has 2 heterocycles. The summed E-state index contributed by atoms with van der Waals surface area (Å²) in [6, 6.07) is 10.8. The van der Waals surface area contributed by atoms with Gasteiger partial charge in [0.25, 0.3) is 0 Å². The van der Waals surface area contributed by atoms with Crippen LogP contribution >= 0.6 is 0 Å². The van der Waals surface area contributed by atoms with E-state index in [-0.39, 0.29) is 5.91 Å². The van der Waals surface area contributed by atoms with Crippen molar-refractivity contribution in [3.8, 4) is 11.6 Å². The van der Waals surface area contributed by atoms with Crippen molar-refractivity contribution in [2.75, 3.05) is 56.9 Å². The molecule has 0 unspecified atom stereocenters. The van der Waals surface area contributed by atoms with Crippen LogP contribution in [0.2, 0.25) is 0 Å². The van der Waals surface area contributed by atoms with Gasteiger partial charge < -0.3 is 25.2 Å². The average molecular weight is 526 g/mol. The number of fused-ring (bicyclic) bond motifs is 1. The van der Waals surface area contributed by atoms with Gasteiger partial charge in [0, 0.05) is 32.4 Å². The van der Waals surface area contributed by atoms with Crippen LogP contribution < -0.4 is 20.3 Å². The van der Waals surface area contributed by atoms with E-state index in [1.54, 1.807) is 37.6 Å².